The average molecular weight is 178 g/mol. The van der Waals surface area contributed by atoms with E-state index in [0.29, 0.717) is 12.6 Å². The molecule has 0 aliphatic heterocycles. The van der Waals surface area contributed by atoms with Gasteiger partial charge in [0.25, 0.3) is 0 Å². The molecule has 0 spiro atoms. The normalized spacial score (nSPS) is 10.5. The highest BCUT2D eigenvalue weighted by atomic mass is 16.4. The Bertz CT molecular complexity index is 365. The molecule has 0 amide bonds. The predicted molar refractivity (Wildman–Crippen MR) is 46.4 cm³/mol. The summed E-state index contributed by atoms with van der Waals surface area (Å²) in [4.78, 5) is 3.96. The molecule has 2 rings (SSSR count). The van der Waals surface area contributed by atoms with Gasteiger partial charge in [-0.15, -0.1) is 0 Å². The van der Waals surface area contributed by atoms with Crippen LogP contribution < -0.4 is 5.73 Å². The van der Waals surface area contributed by atoms with Crippen LogP contribution in [0, 0.1) is 0 Å². The first-order chi connectivity index (χ1) is 6.40. The summed E-state index contributed by atoms with van der Waals surface area (Å²) >= 11 is 0. The van der Waals surface area contributed by atoms with Crippen molar-refractivity contribution in [1.82, 2.24) is 14.8 Å². The summed E-state index contributed by atoms with van der Waals surface area (Å²) in [6.07, 6.45) is 5.67. The van der Waals surface area contributed by atoms with Gasteiger partial charge in [0, 0.05) is 12.6 Å². The van der Waals surface area contributed by atoms with E-state index in [1.54, 1.807) is 17.1 Å². The van der Waals surface area contributed by atoms with Crippen LogP contribution in [0.3, 0.4) is 0 Å². The SMILES string of the molecule is NCCc1ccn(-c2ncco2)n1. The molecule has 2 aromatic rings. The van der Waals surface area contributed by atoms with Gasteiger partial charge in [-0.25, -0.2) is 4.98 Å². The third kappa shape index (κ3) is 1.59. The maximum Gasteiger partial charge on any atom is 0.322 e. The fourth-order valence-corrected chi connectivity index (χ4v) is 1.08. The molecule has 0 saturated carbocycles. The third-order valence-corrected chi connectivity index (χ3v) is 1.66. The molecule has 2 heterocycles. The van der Waals surface area contributed by atoms with Crippen molar-refractivity contribution in [2.75, 3.05) is 6.54 Å². The molecule has 0 atom stereocenters. The molecule has 0 aliphatic carbocycles. The first-order valence-electron chi connectivity index (χ1n) is 4.04. The Hall–Kier alpha value is -1.62. The Balaban J connectivity index is 2.23. The van der Waals surface area contributed by atoms with Crippen molar-refractivity contribution in [2.45, 2.75) is 6.42 Å². The molecule has 68 valence electrons. The Morgan fingerprint density at radius 3 is 3.15 bits per heavy atom. The predicted octanol–water partition coefficient (Wildman–Crippen LogP) is 0.361. The quantitative estimate of drug-likeness (QED) is 0.736. The fourth-order valence-electron chi connectivity index (χ4n) is 1.08. The summed E-state index contributed by atoms with van der Waals surface area (Å²) < 4.78 is 6.66. The topological polar surface area (TPSA) is 69.9 Å². The van der Waals surface area contributed by atoms with Crippen molar-refractivity contribution in [2.24, 2.45) is 5.73 Å². The molecule has 2 N–H and O–H groups in total. The van der Waals surface area contributed by atoms with E-state index in [9.17, 15) is 0 Å². The third-order valence-electron chi connectivity index (χ3n) is 1.66. The lowest BCUT2D eigenvalue weighted by Crippen LogP contribution is -2.04. The van der Waals surface area contributed by atoms with Gasteiger partial charge in [0.1, 0.15) is 6.26 Å². The van der Waals surface area contributed by atoms with Gasteiger partial charge in [-0.3, -0.25) is 0 Å². The van der Waals surface area contributed by atoms with E-state index in [-0.39, 0.29) is 0 Å². The van der Waals surface area contributed by atoms with Gasteiger partial charge in [0.15, 0.2) is 0 Å². The van der Waals surface area contributed by atoms with E-state index in [4.69, 9.17) is 10.2 Å². The van der Waals surface area contributed by atoms with Crippen molar-refractivity contribution in [3.8, 4) is 6.01 Å². The van der Waals surface area contributed by atoms with Crippen molar-refractivity contribution in [3.63, 3.8) is 0 Å². The monoisotopic (exact) mass is 178 g/mol. The molecule has 0 saturated heterocycles. The van der Waals surface area contributed by atoms with Gasteiger partial charge in [0.05, 0.1) is 11.9 Å². The minimum atomic E-state index is 0.475. The molecule has 2 aromatic heterocycles. The number of oxazole rings is 1. The van der Waals surface area contributed by atoms with Crippen molar-refractivity contribution < 1.29 is 4.42 Å². The second kappa shape index (κ2) is 3.40. The number of hydrogen-bond donors (Lipinski definition) is 1. The molecule has 5 heteroatoms. The van der Waals surface area contributed by atoms with Crippen LogP contribution in [-0.2, 0) is 6.42 Å². The number of aromatic nitrogens is 3. The summed E-state index contributed by atoms with van der Waals surface area (Å²) in [5.74, 6) is 0. The average Bonchev–Trinajstić information content (AvgIpc) is 2.70. The molecule has 0 fully saturated rings. The Kier molecular flexibility index (Phi) is 2.09. The van der Waals surface area contributed by atoms with Crippen molar-refractivity contribution in [3.05, 3.63) is 30.4 Å². The Morgan fingerprint density at radius 1 is 1.54 bits per heavy atom. The molecule has 5 nitrogen and oxygen atoms in total. The van der Waals surface area contributed by atoms with E-state index in [0.717, 1.165) is 12.1 Å². The summed E-state index contributed by atoms with van der Waals surface area (Å²) in [7, 11) is 0. The number of nitrogens with zero attached hydrogens (tertiary/aromatic N) is 3. The van der Waals surface area contributed by atoms with Crippen LogP contribution in [0.2, 0.25) is 0 Å². The highest BCUT2D eigenvalue weighted by Gasteiger charge is 2.02. The van der Waals surface area contributed by atoms with Gasteiger partial charge in [-0.1, -0.05) is 0 Å². The molecular formula is C8H10N4O. The fraction of sp³-hybridized carbons (Fsp3) is 0.250. The lowest BCUT2D eigenvalue weighted by atomic mass is 10.3. The number of hydrogen-bond acceptors (Lipinski definition) is 4. The second-order valence-corrected chi connectivity index (χ2v) is 2.60. The van der Waals surface area contributed by atoms with Crippen LogP contribution in [-0.4, -0.2) is 21.3 Å². The first-order valence-corrected chi connectivity index (χ1v) is 4.04. The van der Waals surface area contributed by atoms with Crippen LogP contribution >= 0.6 is 0 Å². The summed E-state index contributed by atoms with van der Waals surface area (Å²) in [5, 5.41) is 4.22. The minimum Gasteiger partial charge on any atom is -0.431 e. The molecule has 13 heavy (non-hydrogen) atoms. The Labute approximate surface area is 75.2 Å². The van der Waals surface area contributed by atoms with E-state index >= 15 is 0 Å². The maximum absolute atomic E-state index is 5.40. The number of nitrogens with two attached hydrogens (primary N) is 1. The second-order valence-electron chi connectivity index (χ2n) is 2.60. The van der Waals surface area contributed by atoms with Crippen molar-refractivity contribution >= 4 is 0 Å². The number of rotatable bonds is 3. The Morgan fingerprint density at radius 2 is 2.46 bits per heavy atom. The lowest BCUT2D eigenvalue weighted by Gasteiger charge is -1.92. The largest absolute Gasteiger partial charge is 0.431 e. The highest BCUT2D eigenvalue weighted by Crippen LogP contribution is 2.04. The van der Waals surface area contributed by atoms with E-state index in [2.05, 4.69) is 10.1 Å². The smallest absolute Gasteiger partial charge is 0.322 e. The van der Waals surface area contributed by atoms with Gasteiger partial charge in [-0.2, -0.15) is 9.78 Å². The summed E-state index contributed by atoms with van der Waals surface area (Å²) in [6.45, 7) is 0.600. The van der Waals surface area contributed by atoms with Crippen LogP contribution in [0.25, 0.3) is 6.01 Å². The van der Waals surface area contributed by atoms with Crippen LogP contribution in [0.4, 0.5) is 0 Å². The van der Waals surface area contributed by atoms with Crippen LogP contribution in [0.5, 0.6) is 0 Å². The van der Waals surface area contributed by atoms with Gasteiger partial charge >= 0.3 is 6.01 Å². The first kappa shape index (κ1) is 8.00. The zero-order chi connectivity index (χ0) is 9.10. The zero-order valence-electron chi connectivity index (χ0n) is 7.05. The lowest BCUT2D eigenvalue weighted by molar-refractivity contribution is 0.508. The molecule has 0 bridgehead atoms. The van der Waals surface area contributed by atoms with E-state index in [1.165, 1.54) is 6.26 Å². The molecule has 0 radical (unpaired) electrons. The van der Waals surface area contributed by atoms with Gasteiger partial charge in [0.2, 0.25) is 0 Å². The summed E-state index contributed by atoms with van der Waals surface area (Å²) in [6, 6.07) is 2.38. The minimum absolute atomic E-state index is 0.475. The molecule has 0 aromatic carbocycles. The van der Waals surface area contributed by atoms with Gasteiger partial charge in [-0.05, 0) is 12.6 Å². The van der Waals surface area contributed by atoms with E-state index in [1.807, 2.05) is 6.07 Å². The standard InChI is InChI=1S/C8H10N4O/c9-3-1-7-2-5-12(11-7)8-10-4-6-13-8/h2,4-6H,1,3,9H2. The highest BCUT2D eigenvalue weighted by molar-refractivity contribution is 5.08. The zero-order valence-corrected chi connectivity index (χ0v) is 7.05. The van der Waals surface area contributed by atoms with Crippen LogP contribution in [0.15, 0.2) is 29.1 Å². The van der Waals surface area contributed by atoms with Crippen LogP contribution in [0.1, 0.15) is 5.69 Å². The molecule has 0 unspecified atom stereocenters. The molecule has 0 aliphatic rings. The maximum atomic E-state index is 5.40. The van der Waals surface area contributed by atoms with Gasteiger partial charge < -0.3 is 10.2 Å². The molecular weight excluding hydrogens is 168 g/mol. The van der Waals surface area contributed by atoms with E-state index < -0.39 is 0 Å². The summed E-state index contributed by atoms with van der Waals surface area (Å²) in [5.41, 5.74) is 6.35. The van der Waals surface area contributed by atoms with Crippen molar-refractivity contribution in [1.29, 1.82) is 0 Å².